The van der Waals surface area contributed by atoms with E-state index in [4.69, 9.17) is 4.74 Å². The maximum absolute atomic E-state index is 5.39. The van der Waals surface area contributed by atoms with Crippen molar-refractivity contribution in [2.24, 2.45) is 5.92 Å². The summed E-state index contributed by atoms with van der Waals surface area (Å²) in [4.78, 5) is 0. The first-order chi connectivity index (χ1) is 8.54. The molecule has 0 saturated carbocycles. The van der Waals surface area contributed by atoms with E-state index in [-0.39, 0.29) is 0 Å². The van der Waals surface area contributed by atoms with Crippen molar-refractivity contribution in [1.29, 1.82) is 0 Å². The van der Waals surface area contributed by atoms with E-state index in [2.05, 4.69) is 52.1 Å². The highest BCUT2D eigenvalue weighted by Gasteiger charge is 2.19. The lowest BCUT2D eigenvalue weighted by Gasteiger charge is -2.26. The summed E-state index contributed by atoms with van der Waals surface area (Å²) in [7, 11) is 1.73. The van der Waals surface area contributed by atoms with Gasteiger partial charge in [-0.15, -0.1) is 0 Å². The first kappa shape index (κ1) is 15.0. The van der Waals surface area contributed by atoms with Crippen LogP contribution in [0.25, 0.3) is 0 Å². The molecule has 1 aromatic carbocycles. The molecule has 102 valence electrons. The Morgan fingerprint density at radius 3 is 2.33 bits per heavy atom. The zero-order chi connectivity index (χ0) is 13.7. The van der Waals surface area contributed by atoms with Crippen molar-refractivity contribution in [3.63, 3.8) is 0 Å². The van der Waals surface area contributed by atoms with Gasteiger partial charge >= 0.3 is 0 Å². The molecule has 0 fully saturated rings. The highest BCUT2D eigenvalue weighted by molar-refractivity contribution is 5.43. The van der Waals surface area contributed by atoms with Crippen LogP contribution >= 0.6 is 0 Å². The molecule has 0 heterocycles. The van der Waals surface area contributed by atoms with E-state index < -0.39 is 0 Å². The molecule has 0 aromatic heterocycles. The lowest BCUT2D eigenvalue weighted by molar-refractivity contribution is 0.380. The Hall–Kier alpha value is -1.02. The van der Waals surface area contributed by atoms with Crippen molar-refractivity contribution >= 4 is 0 Å². The predicted molar refractivity (Wildman–Crippen MR) is 78.3 cm³/mol. The fraction of sp³-hybridized carbons (Fsp3) is 0.625. The molecule has 18 heavy (non-hydrogen) atoms. The fourth-order valence-corrected chi connectivity index (χ4v) is 2.44. The molecule has 0 aliphatic heterocycles. The van der Waals surface area contributed by atoms with Gasteiger partial charge in [-0.05, 0) is 49.1 Å². The van der Waals surface area contributed by atoms with Gasteiger partial charge in [0.2, 0.25) is 0 Å². The molecular formula is C16H27NO. The molecule has 2 nitrogen and oxygen atoms in total. The number of rotatable bonds is 6. The minimum Gasteiger partial charge on any atom is -0.496 e. The van der Waals surface area contributed by atoms with Crippen LogP contribution in [-0.2, 0) is 0 Å². The van der Waals surface area contributed by atoms with Gasteiger partial charge in [-0.1, -0.05) is 33.3 Å². The second-order valence-corrected chi connectivity index (χ2v) is 5.10. The van der Waals surface area contributed by atoms with E-state index in [0.717, 1.165) is 12.3 Å². The van der Waals surface area contributed by atoms with Crippen LogP contribution in [0.3, 0.4) is 0 Å². The van der Waals surface area contributed by atoms with Gasteiger partial charge in [0.05, 0.1) is 7.11 Å². The summed E-state index contributed by atoms with van der Waals surface area (Å²) < 4.78 is 5.39. The van der Waals surface area contributed by atoms with Gasteiger partial charge in [0.1, 0.15) is 5.75 Å². The molecule has 2 unspecified atom stereocenters. The van der Waals surface area contributed by atoms with Crippen LogP contribution < -0.4 is 10.1 Å². The summed E-state index contributed by atoms with van der Waals surface area (Å²) in [6.45, 7) is 12.0. The third-order valence-corrected chi connectivity index (χ3v) is 3.76. The van der Waals surface area contributed by atoms with Gasteiger partial charge in [0.15, 0.2) is 0 Å². The van der Waals surface area contributed by atoms with E-state index in [9.17, 15) is 0 Å². The standard InChI is InChI=1S/C16H27NO/c1-7-11(3)16(17-8-2)14-9-13(5)15(18-6)10-12(14)4/h9-11,16-17H,7-8H2,1-6H3. The quantitative estimate of drug-likeness (QED) is 0.822. The van der Waals surface area contributed by atoms with Gasteiger partial charge in [-0.3, -0.25) is 0 Å². The highest BCUT2D eigenvalue weighted by Crippen LogP contribution is 2.31. The second-order valence-electron chi connectivity index (χ2n) is 5.10. The fourth-order valence-electron chi connectivity index (χ4n) is 2.44. The number of methoxy groups -OCH3 is 1. The number of nitrogens with one attached hydrogen (secondary N) is 1. The topological polar surface area (TPSA) is 21.3 Å². The first-order valence-electron chi connectivity index (χ1n) is 6.93. The zero-order valence-corrected chi connectivity index (χ0v) is 12.6. The van der Waals surface area contributed by atoms with E-state index in [1.165, 1.54) is 23.1 Å². The van der Waals surface area contributed by atoms with Crippen LogP contribution in [0.5, 0.6) is 5.75 Å². The minimum atomic E-state index is 0.435. The van der Waals surface area contributed by atoms with Crippen molar-refractivity contribution in [3.05, 3.63) is 28.8 Å². The Bertz CT molecular complexity index is 387. The summed E-state index contributed by atoms with van der Waals surface area (Å²) in [5.41, 5.74) is 3.93. The summed E-state index contributed by atoms with van der Waals surface area (Å²) in [6.07, 6.45) is 1.18. The third-order valence-electron chi connectivity index (χ3n) is 3.76. The lowest BCUT2D eigenvalue weighted by atomic mass is 9.88. The van der Waals surface area contributed by atoms with E-state index >= 15 is 0 Å². The summed E-state index contributed by atoms with van der Waals surface area (Å²) >= 11 is 0. The maximum Gasteiger partial charge on any atom is 0.122 e. The Labute approximate surface area is 112 Å². The van der Waals surface area contributed by atoms with Crippen LogP contribution in [0.15, 0.2) is 12.1 Å². The van der Waals surface area contributed by atoms with Crippen molar-refractivity contribution < 1.29 is 4.74 Å². The molecule has 0 radical (unpaired) electrons. The molecule has 0 saturated heterocycles. The SMILES string of the molecule is CCNC(c1cc(C)c(OC)cc1C)C(C)CC. The molecular weight excluding hydrogens is 222 g/mol. The Morgan fingerprint density at radius 1 is 1.17 bits per heavy atom. The van der Waals surface area contributed by atoms with Crippen molar-refractivity contribution in [1.82, 2.24) is 5.32 Å². The molecule has 1 aromatic rings. The second kappa shape index (κ2) is 6.79. The summed E-state index contributed by atoms with van der Waals surface area (Å²) in [5, 5.41) is 3.61. The van der Waals surface area contributed by atoms with E-state index in [0.29, 0.717) is 12.0 Å². The minimum absolute atomic E-state index is 0.435. The normalized spacial score (nSPS) is 14.3. The van der Waals surface area contributed by atoms with Crippen molar-refractivity contribution in [2.75, 3.05) is 13.7 Å². The number of hydrogen-bond donors (Lipinski definition) is 1. The maximum atomic E-state index is 5.39. The number of benzene rings is 1. The Kier molecular flexibility index (Phi) is 5.67. The van der Waals surface area contributed by atoms with Gasteiger partial charge in [0, 0.05) is 6.04 Å². The molecule has 0 spiro atoms. The predicted octanol–water partition coefficient (Wildman–Crippen LogP) is 4.01. The Morgan fingerprint density at radius 2 is 1.83 bits per heavy atom. The van der Waals surface area contributed by atoms with Gasteiger partial charge in [0.25, 0.3) is 0 Å². The summed E-state index contributed by atoms with van der Waals surface area (Å²) in [6, 6.07) is 4.86. The molecule has 2 heteroatoms. The molecule has 0 aliphatic rings. The number of ether oxygens (including phenoxy) is 1. The van der Waals surface area contributed by atoms with Crippen LogP contribution in [0.1, 0.15) is 49.9 Å². The number of aryl methyl sites for hydroxylation is 2. The van der Waals surface area contributed by atoms with Crippen LogP contribution in [0.4, 0.5) is 0 Å². The monoisotopic (exact) mass is 249 g/mol. The Balaban J connectivity index is 3.15. The van der Waals surface area contributed by atoms with Crippen LogP contribution in [0.2, 0.25) is 0 Å². The van der Waals surface area contributed by atoms with E-state index in [1.807, 2.05) is 0 Å². The highest BCUT2D eigenvalue weighted by atomic mass is 16.5. The lowest BCUT2D eigenvalue weighted by Crippen LogP contribution is -2.27. The smallest absolute Gasteiger partial charge is 0.122 e. The third kappa shape index (κ3) is 3.26. The van der Waals surface area contributed by atoms with Gasteiger partial charge in [-0.2, -0.15) is 0 Å². The van der Waals surface area contributed by atoms with Crippen LogP contribution in [-0.4, -0.2) is 13.7 Å². The molecule has 0 bridgehead atoms. The van der Waals surface area contributed by atoms with Gasteiger partial charge in [-0.25, -0.2) is 0 Å². The zero-order valence-electron chi connectivity index (χ0n) is 12.6. The summed E-state index contributed by atoms with van der Waals surface area (Å²) in [5.74, 6) is 1.62. The van der Waals surface area contributed by atoms with Gasteiger partial charge < -0.3 is 10.1 Å². The van der Waals surface area contributed by atoms with Crippen molar-refractivity contribution in [2.45, 2.75) is 47.1 Å². The molecule has 1 N–H and O–H groups in total. The van der Waals surface area contributed by atoms with E-state index in [1.54, 1.807) is 7.11 Å². The molecule has 0 aliphatic carbocycles. The first-order valence-corrected chi connectivity index (χ1v) is 6.93. The average Bonchev–Trinajstić information content (AvgIpc) is 2.37. The largest absolute Gasteiger partial charge is 0.496 e. The van der Waals surface area contributed by atoms with Crippen molar-refractivity contribution in [3.8, 4) is 5.75 Å². The molecule has 2 atom stereocenters. The number of hydrogen-bond acceptors (Lipinski definition) is 2. The molecule has 1 rings (SSSR count). The van der Waals surface area contributed by atoms with Crippen LogP contribution in [0, 0.1) is 19.8 Å². The average molecular weight is 249 g/mol. The molecule has 0 amide bonds.